The van der Waals surface area contributed by atoms with Crippen molar-refractivity contribution in [2.75, 3.05) is 26.4 Å². The third kappa shape index (κ3) is 35.2. The zero-order chi connectivity index (χ0) is 45.0. The van der Waals surface area contributed by atoms with Gasteiger partial charge in [-0.15, -0.1) is 0 Å². The topological polar surface area (TPSA) is 135 Å². The summed E-state index contributed by atoms with van der Waals surface area (Å²) in [5.41, 5.74) is 0. The van der Waals surface area contributed by atoms with E-state index in [0.717, 1.165) is 32.1 Å². The van der Waals surface area contributed by atoms with Crippen LogP contribution in [0.1, 0.15) is 258 Å². The first-order chi connectivity index (χ1) is 30.4. The smallest absolute Gasteiger partial charge is 0.306 e. The second-order valence-electron chi connectivity index (χ2n) is 18.7. The molecule has 368 valence electrons. The van der Waals surface area contributed by atoms with E-state index in [0.29, 0.717) is 13.0 Å². The number of aliphatic hydroxyl groups excluding tert-OH is 4. The molecule has 1 aliphatic heterocycles. The molecule has 6 atom stereocenters. The molecule has 9 heteroatoms. The number of hydrogen-bond donors (Lipinski definition) is 4. The molecule has 6 unspecified atom stereocenters. The lowest BCUT2D eigenvalue weighted by atomic mass is 9.99. The van der Waals surface area contributed by atoms with Crippen molar-refractivity contribution in [2.45, 2.75) is 295 Å². The van der Waals surface area contributed by atoms with Crippen molar-refractivity contribution < 1.29 is 44.2 Å². The summed E-state index contributed by atoms with van der Waals surface area (Å²) in [5.74, 6) is -0.309. The van der Waals surface area contributed by atoms with Gasteiger partial charge in [-0.2, -0.15) is 0 Å². The first kappa shape index (κ1) is 58.9. The zero-order valence-electron chi connectivity index (χ0n) is 40.6. The monoisotopic (exact) mass is 883 g/mol. The van der Waals surface area contributed by atoms with Crippen molar-refractivity contribution in [1.82, 2.24) is 0 Å². The van der Waals surface area contributed by atoms with Crippen LogP contribution in [0.4, 0.5) is 0 Å². The van der Waals surface area contributed by atoms with Crippen LogP contribution >= 0.6 is 0 Å². The number of allylic oxidation sites excluding steroid dienone is 2. The molecular formula is C53H102O9. The lowest BCUT2D eigenvalue weighted by molar-refractivity contribution is -0.305. The molecule has 0 bridgehead atoms. The Bertz CT molecular complexity index is 961. The highest BCUT2D eigenvalue weighted by Gasteiger charge is 2.44. The lowest BCUT2D eigenvalue weighted by Crippen LogP contribution is -2.59. The third-order valence-electron chi connectivity index (χ3n) is 12.7. The van der Waals surface area contributed by atoms with Gasteiger partial charge in [0, 0.05) is 13.0 Å². The number of unbranched alkanes of at least 4 members (excludes halogenated alkanes) is 34. The standard InChI is InChI=1S/C53H102O9/c1-3-5-7-9-11-13-15-17-19-21-23-25-27-29-31-33-35-37-39-41-43-59-45-47(46-60-53-52(58)51(57)50(56)48(44-54)62-53)61-49(55)42-40-38-36-34-32-30-28-26-24-22-20-18-16-14-12-10-8-6-4-2/h18,20,47-48,50-54,56-58H,3-17,19,21-46H2,1-2H3/b20-18-. The number of carbonyl (C=O) groups excluding carboxylic acids is 1. The Hall–Kier alpha value is -1.07. The molecule has 0 aromatic rings. The average molecular weight is 883 g/mol. The second-order valence-corrected chi connectivity index (χ2v) is 18.7. The molecule has 0 spiro atoms. The van der Waals surface area contributed by atoms with Crippen LogP contribution in [0, 0.1) is 0 Å². The molecule has 0 aromatic heterocycles. The van der Waals surface area contributed by atoms with Crippen LogP contribution in [0.15, 0.2) is 12.2 Å². The van der Waals surface area contributed by atoms with Crippen LogP contribution < -0.4 is 0 Å². The molecule has 4 N–H and O–H groups in total. The summed E-state index contributed by atoms with van der Waals surface area (Å²) < 4.78 is 22.9. The SMILES string of the molecule is CCCCCCCC/C=C\CCCCCCCCCCCC(=O)OC(COCCCCCCCCCCCCCCCCCCCCCC)COC1OC(CO)C(O)C(O)C1O. The van der Waals surface area contributed by atoms with E-state index in [4.69, 9.17) is 18.9 Å². The summed E-state index contributed by atoms with van der Waals surface area (Å²) in [4.78, 5) is 12.8. The van der Waals surface area contributed by atoms with Gasteiger partial charge in [-0.1, -0.05) is 225 Å². The van der Waals surface area contributed by atoms with Crippen molar-refractivity contribution in [2.24, 2.45) is 0 Å². The molecule has 0 aliphatic carbocycles. The van der Waals surface area contributed by atoms with Gasteiger partial charge in [-0.05, 0) is 38.5 Å². The fourth-order valence-corrected chi connectivity index (χ4v) is 8.49. The molecule has 0 radical (unpaired) electrons. The Kier molecular flexibility index (Phi) is 42.9. The predicted molar refractivity (Wildman–Crippen MR) is 256 cm³/mol. The number of aliphatic hydroxyl groups is 4. The highest BCUT2D eigenvalue weighted by Crippen LogP contribution is 2.23. The van der Waals surface area contributed by atoms with E-state index in [1.54, 1.807) is 0 Å². The van der Waals surface area contributed by atoms with Gasteiger partial charge >= 0.3 is 5.97 Å². The molecule has 1 heterocycles. The van der Waals surface area contributed by atoms with Crippen LogP contribution in [-0.2, 0) is 23.7 Å². The average Bonchev–Trinajstić information content (AvgIpc) is 3.27. The maximum absolute atomic E-state index is 12.8. The normalized spacial score (nSPS) is 19.7. The Morgan fingerprint density at radius 1 is 0.500 bits per heavy atom. The van der Waals surface area contributed by atoms with Crippen LogP contribution in [-0.4, -0.2) is 89.6 Å². The van der Waals surface area contributed by atoms with Crippen LogP contribution in [0.3, 0.4) is 0 Å². The first-order valence-corrected chi connectivity index (χ1v) is 26.8. The number of esters is 1. The van der Waals surface area contributed by atoms with Crippen molar-refractivity contribution in [1.29, 1.82) is 0 Å². The van der Waals surface area contributed by atoms with Gasteiger partial charge < -0.3 is 39.4 Å². The number of ether oxygens (including phenoxy) is 4. The van der Waals surface area contributed by atoms with Crippen molar-refractivity contribution in [3.8, 4) is 0 Å². The van der Waals surface area contributed by atoms with Crippen molar-refractivity contribution in [3.05, 3.63) is 12.2 Å². The Balaban J connectivity index is 2.17. The number of hydrogen-bond acceptors (Lipinski definition) is 9. The summed E-state index contributed by atoms with van der Waals surface area (Å²) in [6.45, 7) is 4.61. The highest BCUT2D eigenvalue weighted by atomic mass is 16.7. The first-order valence-electron chi connectivity index (χ1n) is 26.8. The summed E-state index contributed by atoms with van der Waals surface area (Å²) in [5, 5.41) is 40.3. The van der Waals surface area contributed by atoms with E-state index in [-0.39, 0.29) is 19.2 Å². The Morgan fingerprint density at radius 2 is 0.887 bits per heavy atom. The van der Waals surface area contributed by atoms with E-state index in [1.165, 1.54) is 205 Å². The molecule has 1 aliphatic rings. The molecule has 1 saturated heterocycles. The van der Waals surface area contributed by atoms with Gasteiger partial charge in [0.1, 0.15) is 30.5 Å². The van der Waals surface area contributed by atoms with Gasteiger partial charge in [0.2, 0.25) is 0 Å². The van der Waals surface area contributed by atoms with E-state index >= 15 is 0 Å². The van der Waals surface area contributed by atoms with Crippen LogP contribution in [0.25, 0.3) is 0 Å². The second kappa shape index (κ2) is 45.1. The zero-order valence-corrected chi connectivity index (χ0v) is 40.6. The number of carbonyl (C=O) groups is 1. The van der Waals surface area contributed by atoms with E-state index in [2.05, 4.69) is 26.0 Å². The van der Waals surface area contributed by atoms with E-state index < -0.39 is 43.4 Å². The maximum Gasteiger partial charge on any atom is 0.306 e. The van der Waals surface area contributed by atoms with E-state index in [1.807, 2.05) is 0 Å². The van der Waals surface area contributed by atoms with Crippen molar-refractivity contribution in [3.63, 3.8) is 0 Å². The maximum atomic E-state index is 12.8. The molecule has 1 fully saturated rings. The number of rotatable bonds is 47. The fourth-order valence-electron chi connectivity index (χ4n) is 8.49. The van der Waals surface area contributed by atoms with E-state index in [9.17, 15) is 25.2 Å². The van der Waals surface area contributed by atoms with Gasteiger partial charge in [0.15, 0.2) is 6.29 Å². The van der Waals surface area contributed by atoms with Crippen molar-refractivity contribution >= 4 is 5.97 Å². The lowest BCUT2D eigenvalue weighted by Gasteiger charge is -2.39. The highest BCUT2D eigenvalue weighted by molar-refractivity contribution is 5.69. The van der Waals surface area contributed by atoms with Gasteiger partial charge in [0.25, 0.3) is 0 Å². The van der Waals surface area contributed by atoms with Gasteiger partial charge in [-0.3, -0.25) is 4.79 Å². The summed E-state index contributed by atoms with van der Waals surface area (Å²) in [6.07, 6.45) is 45.3. The minimum atomic E-state index is -1.53. The molecule has 62 heavy (non-hydrogen) atoms. The largest absolute Gasteiger partial charge is 0.457 e. The minimum absolute atomic E-state index is 0.108. The summed E-state index contributed by atoms with van der Waals surface area (Å²) >= 11 is 0. The molecule has 9 nitrogen and oxygen atoms in total. The molecule has 0 aromatic carbocycles. The predicted octanol–water partition coefficient (Wildman–Crippen LogP) is 13.2. The molecule has 0 amide bonds. The fraction of sp³-hybridized carbons (Fsp3) is 0.943. The minimum Gasteiger partial charge on any atom is -0.457 e. The van der Waals surface area contributed by atoms with Gasteiger partial charge in [-0.25, -0.2) is 0 Å². The van der Waals surface area contributed by atoms with Crippen LogP contribution in [0.2, 0.25) is 0 Å². The van der Waals surface area contributed by atoms with Crippen LogP contribution in [0.5, 0.6) is 0 Å². The van der Waals surface area contributed by atoms with Gasteiger partial charge in [0.05, 0.1) is 19.8 Å². The third-order valence-corrected chi connectivity index (χ3v) is 12.7. The molecule has 0 saturated carbocycles. The Labute approximate surface area is 382 Å². The quantitative estimate of drug-likeness (QED) is 0.0268. The Morgan fingerprint density at radius 3 is 1.31 bits per heavy atom. The molecule has 1 rings (SSSR count). The summed E-state index contributed by atoms with van der Waals surface area (Å²) in [6, 6.07) is 0. The summed E-state index contributed by atoms with van der Waals surface area (Å²) in [7, 11) is 0. The molecular weight excluding hydrogens is 781 g/mol.